The van der Waals surface area contributed by atoms with Gasteiger partial charge in [0.25, 0.3) is 5.91 Å². The van der Waals surface area contributed by atoms with E-state index in [2.05, 4.69) is 6.07 Å². The number of hydrogen-bond donors (Lipinski definition) is 0. The molecule has 0 bridgehead atoms. The fourth-order valence-corrected chi connectivity index (χ4v) is 3.26. The van der Waals surface area contributed by atoms with Crippen molar-refractivity contribution in [3.8, 4) is 23.0 Å². The Hall–Kier alpha value is -3.69. The standard InChI is InChI=1S/C23H20N4O2/c24-16-19(23(28)26-11-13-29-14-12-26)15-20-17-27(21-9-5-2-6-10-21)25-22(20)18-7-3-1-4-8-18/h1-10,15,17H,11-14H2. The fraction of sp³-hybridized carbons (Fsp3) is 0.174. The van der Waals surface area contributed by atoms with E-state index in [-0.39, 0.29) is 11.5 Å². The van der Waals surface area contributed by atoms with Crippen LogP contribution in [0.3, 0.4) is 0 Å². The number of para-hydroxylation sites is 1. The van der Waals surface area contributed by atoms with Crippen LogP contribution in [0, 0.1) is 11.3 Å². The number of amides is 1. The van der Waals surface area contributed by atoms with E-state index in [1.165, 1.54) is 0 Å². The summed E-state index contributed by atoms with van der Waals surface area (Å²) in [6, 6.07) is 21.6. The van der Waals surface area contributed by atoms with Crippen LogP contribution in [-0.2, 0) is 9.53 Å². The Morgan fingerprint density at radius 2 is 1.69 bits per heavy atom. The quantitative estimate of drug-likeness (QED) is 0.511. The minimum absolute atomic E-state index is 0.0942. The SMILES string of the molecule is N#CC(=Cc1cn(-c2ccccc2)nc1-c1ccccc1)C(=O)N1CCOCC1. The maximum atomic E-state index is 12.8. The number of carbonyl (C=O) groups excluding carboxylic acids is 1. The van der Waals surface area contributed by atoms with Crippen molar-refractivity contribution in [2.24, 2.45) is 0 Å². The predicted octanol–water partition coefficient (Wildman–Crippen LogP) is 3.31. The first-order chi connectivity index (χ1) is 14.3. The van der Waals surface area contributed by atoms with Gasteiger partial charge in [-0.3, -0.25) is 4.79 Å². The largest absolute Gasteiger partial charge is 0.378 e. The molecular weight excluding hydrogens is 364 g/mol. The number of rotatable bonds is 4. The molecule has 1 saturated heterocycles. The smallest absolute Gasteiger partial charge is 0.264 e. The summed E-state index contributed by atoms with van der Waals surface area (Å²) in [6.07, 6.45) is 3.48. The fourth-order valence-electron chi connectivity index (χ4n) is 3.26. The van der Waals surface area contributed by atoms with Gasteiger partial charge < -0.3 is 9.64 Å². The van der Waals surface area contributed by atoms with E-state index in [1.54, 1.807) is 15.7 Å². The van der Waals surface area contributed by atoms with Crippen molar-refractivity contribution in [2.45, 2.75) is 0 Å². The molecule has 0 saturated carbocycles. The topological polar surface area (TPSA) is 71.2 Å². The summed E-state index contributed by atoms with van der Waals surface area (Å²) in [5.74, 6) is -0.276. The summed E-state index contributed by atoms with van der Waals surface area (Å²) in [5.41, 5.74) is 3.36. The van der Waals surface area contributed by atoms with Crippen molar-refractivity contribution in [3.63, 3.8) is 0 Å². The van der Waals surface area contributed by atoms with Crippen molar-refractivity contribution < 1.29 is 9.53 Å². The van der Waals surface area contributed by atoms with Crippen LogP contribution in [0.4, 0.5) is 0 Å². The Bertz CT molecular complexity index is 1060. The third kappa shape index (κ3) is 4.10. The highest BCUT2D eigenvalue weighted by atomic mass is 16.5. The molecular formula is C23H20N4O2. The third-order valence-corrected chi connectivity index (χ3v) is 4.76. The highest BCUT2D eigenvalue weighted by molar-refractivity contribution is 6.02. The lowest BCUT2D eigenvalue weighted by Gasteiger charge is -2.26. The molecule has 4 rings (SSSR count). The highest BCUT2D eigenvalue weighted by Gasteiger charge is 2.21. The molecule has 0 spiro atoms. The van der Waals surface area contributed by atoms with Gasteiger partial charge in [-0.05, 0) is 18.2 Å². The van der Waals surface area contributed by atoms with Crippen molar-refractivity contribution in [3.05, 3.63) is 78.0 Å². The van der Waals surface area contributed by atoms with E-state index in [9.17, 15) is 10.1 Å². The molecule has 1 fully saturated rings. The zero-order valence-corrected chi connectivity index (χ0v) is 15.9. The van der Waals surface area contributed by atoms with Gasteiger partial charge in [-0.2, -0.15) is 10.4 Å². The second kappa shape index (κ2) is 8.55. The van der Waals surface area contributed by atoms with Crippen molar-refractivity contribution in [1.29, 1.82) is 5.26 Å². The minimum Gasteiger partial charge on any atom is -0.378 e. The van der Waals surface area contributed by atoms with Crippen molar-refractivity contribution in [1.82, 2.24) is 14.7 Å². The lowest BCUT2D eigenvalue weighted by Crippen LogP contribution is -2.41. The highest BCUT2D eigenvalue weighted by Crippen LogP contribution is 2.26. The summed E-state index contributed by atoms with van der Waals surface area (Å²) >= 11 is 0. The molecule has 1 amide bonds. The predicted molar refractivity (Wildman–Crippen MR) is 110 cm³/mol. The zero-order chi connectivity index (χ0) is 20.1. The van der Waals surface area contributed by atoms with Crippen LogP contribution >= 0.6 is 0 Å². The molecule has 0 N–H and O–H groups in total. The molecule has 0 radical (unpaired) electrons. The van der Waals surface area contributed by atoms with Crippen molar-refractivity contribution >= 4 is 12.0 Å². The molecule has 0 aliphatic carbocycles. The van der Waals surface area contributed by atoms with E-state index in [0.717, 1.165) is 22.5 Å². The Labute approximate surface area is 169 Å². The van der Waals surface area contributed by atoms with Gasteiger partial charge in [-0.1, -0.05) is 48.5 Å². The molecule has 3 aromatic rings. The molecule has 2 aromatic carbocycles. The van der Waals surface area contributed by atoms with Gasteiger partial charge in [-0.15, -0.1) is 0 Å². The van der Waals surface area contributed by atoms with Gasteiger partial charge in [0, 0.05) is 30.4 Å². The molecule has 1 aromatic heterocycles. The molecule has 0 atom stereocenters. The normalized spacial score (nSPS) is 14.4. The monoisotopic (exact) mass is 384 g/mol. The number of nitrogens with zero attached hydrogens (tertiary/aromatic N) is 4. The molecule has 144 valence electrons. The lowest BCUT2D eigenvalue weighted by molar-refractivity contribution is -0.130. The molecule has 0 unspecified atom stereocenters. The van der Waals surface area contributed by atoms with Crippen LogP contribution in [0.5, 0.6) is 0 Å². The third-order valence-electron chi connectivity index (χ3n) is 4.76. The number of benzene rings is 2. The van der Waals surface area contributed by atoms with Gasteiger partial charge in [0.2, 0.25) is 0 Å². The zero-order valence-electron chi connectivity index (χ0n) is 15.9. The van der Waals surface area contributed by atoms with Crippen LogP contribution in [-0.4, -0.2) is 46.9 Å². The summed E-state index contributed by atoms with van der Waals surface area (Å²) in [6.45, 7) is 1.97. The molecule has 2 heterocycles. The number of morpholine rings is 1. The van der Waals surface area contributed by atoms with Crippen molar-refractivity contribution in [2.75, 3.05) is 26.3 Å². The Morgan fingerprint density at radius 3 is 2.34 bits per heavy atom. The average molecular weight is 384 g/mol. The van der Waals surface area contributed by atoms with Gasteiger partial charge >= 0.3 is 0 Å². The van der Waals surface area contributed by atoms with Gasteiger partial charge in [0.1, 0.15) is 11.6 Å². The molecule has 6 heteroatoms. The Balaban J connectivity index is 1.76. The first-order valence-corrected chi connectivity index (χ1v) is 9.45. The molecule has 29 heavy (non-hydrogen) atoms. The number of ether oxygens (including phenoxy) is 1. The maximum Gasteiger partial charge on any atom is 0.264 e. The van der Waals surface area contributed by atoms with Crippen LogP contribution in [0.2, 0.25) is 0 Å². The van der Waals surface area contributed by atoms with E-state index >= 15 is 0 Å². The summed E-state index contributed by atoms with van der Waals surface area (Å²) in [4.78, 5) is 14.5. The molecule has 6 nitrogen and oxygen atoms in total. The van der Waals surface area contributed by atoms with E-state index in [4.69, 9.17) is 9.84 Å². The van der Waals surface area contributed by atoms with Gasteiger partial charge in [0.15, 0.2) is 0 Å². The first-order valence-electron chi connectivity index (χ1n) is 9.45. The molecule has 1 aliphatic rings. The summed E-state index contributed by atoms with van der Waals surface area (Å²) < 4.78 is 7.07. The average Bonchev–Trinajstić information content (AvgIpc) is 3.23. The van der Waals surface area contributed by atoms with Crippen LogP contribution < -0.4 is 0 Å². The van der Waals surface area contributed by atoms with Crippen LogP contribution in [0.25, 0.3) is 23.0 Å². The van der Waals surface area contributed by atoms with Crippen LogP contribution in [0.15, 0.2) is 72.4 Å². The summed E-state index contributed by atoms with van der Waals surface area (Å²) in [5, 5.41) is 14.4. The van der Waals surface area contributed by atoms with Gasteiger partial charge in [-0.25, -0.2) is 4.68 Å². The number of carbonyl (C=O) groups is 1. The number of nitriles is 1. The minimum atomic E-state index is -0.276. The van der Waals surface area contributed by atoms with E-state index in [0.29, 0.717) is 26.3 Å². The maximum absolute atomic E-state index is 12.8. The number of aromatic nitrogens is 2. The van der Waals surface area contributed by atoms with E-state index < -0.39 is 0 Å². The first kappa shape index (κ1) is 18.7. The second-order valence-corrected chi connectivity index (χ2v) is 6.65. The molecule has 1 aliphatic heterocycles. The van der Waals surface area contributed by atoms with Gasteiger partial charge in [0.05, 0.1) is 24.6 Å². The number of hydrogen-bond acceptors (Lipinski definition) is 4. The Morgan fingerprint density at radius 1 is 1.03 bits per heavy atom. The second-order valence-electron chi connectivity index (χ2n) is 6.65. The lowest BCUT2D eigenvalue weighted by atomic mass is 10.1. The van der Waals surface area contributed by atoms with Crippen LogP contribution in [0.1, 0.15) is 5.56 Å². The summed E-state index contributed by atoms with van der Waals surface area (Å²) in [7, 11) is 0. The van der Waals surface area contributed by atoms with E-state index in [1.807, 2.05) is 66.9 Å². The Kier molecular flexibility index (Phi) is 5.50.